The molecule has 0 saturated heterocycles. The fourth-order valence-corrected chi connectivity index (χ4v) is 4.36. The Bertz CT molecular complexity index is 1720. The summed E-state index contributed by atoms with van der Waals surface area (Å²) in [5, 5.41) is -0.0412. The van der Waals surface area contributed by atoms with E-state index in [0.717, 1.165) is 9.13 Å². The third-order valence-corrected chi connectivity index (χ3v) is 6.16. The van der Waals surface area contributed by atoms with Crippen LogP contribution < -0.4 is 22.2 Å². The number of nitrogens with zero attached hydrogens (tertiary/aromatic N) is 2. The van der Waals surface area contributed by atoms with Crippen LogP contribution in [0, 0.1) is 0 Å². The number of aromatic nitrogens is 2. The van der Waals surface area contributed by atoms with E-state index >= 15 is 0 Å². The molecule has 0 unspecified atom stereocenters. The molecule has 38 heavy (non-hydrogen) atoms. The van der Waals surface area contributed by atoms with Crippen LogP contribution in [0.1, 0.15) is 34.6 Å². The molecule has 0 aliphatic rings. The molecule has 0 saturated carbocycles. The fraction of sp³-hybridized carbons (Fsp3) is 0.143. The normalized spacial score (nSPS) is 11.2. The number of carbonyl (C=O) groups is 2. The highest BCUT2D eigenvalue weighted by Crippen LogP contribution is 2.18. The van der Waals surface area contributed by atoms with Gasteiger partial charge in [0, 0.05) is 0 Å². The minimum atomic E-state index is -0.658. The Morgan fingerprint density at radius 1 is 0.553 bits per heavy atom. The van der Waals surface area contributed by atoms with Gasteiger partial charge in [-0.25, -0.2) is 18.7 Å². The summed E-state index contributed by atoms with van der Waals surface area (Å²) in [6.07, 6.45) is 0. The average molecular weight is 512 g/mol. The molecule has 0 amide bonds. The molecule has 0 aliphatic carbocycles. The number of benzene rings is 3. The highest BCUT2D eigenvalue weighted by Gasteiger charge is 2.21. The lowest BCUT2D eigenvalue weighted by Crippen LogP contribution is -2.24. The second-order valence-corrected chi connectivity index (χ2v) is 8.37. The molecule has 3 aromatic carbocycles. The SMILES string of the molecule is CCOC(=O)c1ccc(-n2c(=O)c3cc4c(=O)n(-c5ccc(C(=O)OCC)cc5)c(=O)c4cc3c2=O)cc1. The summed E-state index contributed by atoms with van der Waals surface area (Å²) >= 11 is 0. The Morgan fingerprint density at radius 2 is 0.842 bits per heavy atom. The first kappa shape index (κ1) is 24.6. The second-order valence-electron chi connectivity index (χ2n) is 8.37. The lowest BCUT2D eigenvalue weighted by molar-refractivity contribution is 0.0516. The van der Waals surface area contributed by atoms with E-state index in [1.807, 2.05) is 0 Å². The number of rotatable bonds is 6. The molecule has 10 nitrogen and oxygen atoms in total. The Morgan fingerprint density at radius 3 is 1.11 bits per heavy atom. The van der Waals surface area contributed by atoms with E-state index in [1.165, 1.54) is 60.7 Å². The van der Waals surface area contributed by atoms with Crippen LogP contribution in [0.3, 0.4) is 0 Å². The maximum Gasteiger partial charge on any atom is 0.338 e. The van der Waals surface area contributed by atoms with Gasteiger partial charge in [0.1, 0.15) is 0 Å². The van der Waals surface area contributed by atoms with E-state index in [0.29, 0.717) is 0 Å². The zero-order valence-corrected chi connectivity index (χ0v) is 20.3. The topological polar surface area (TPSA) is 131 Å². The van der Waals surface area contributed by atoms with Gasteiger partial charge in [0.15, 0.2) is 0 Å². The summed E-state index contributed by atoms with van der Waals surface area (Å²) in [6.45, 7) is 3.77. The van der Waals surface area contributed by atoms with Crippen LogP contribution in [0.15, 0.2) is 79.8 Å². The third-order valence-electron chi connectivity index (χ3n) is 6.16. The van der Waals surface area contributed by atoms with E-state index in [1.54, 1.807) is 13.8 Å². The van der Waals surface area contributed by atoms with Gasteiger partial charge in [-0.1, -0.05) is 0 Å². The van der Waals surface area contributed by atoms with Crippen molar-refractivity contribution in [2.75, 3.05) is 13.2 Å². The summed E-state index contributed by atoms with van der Waals surface area (Å²) in [5.41, 5.74) is -1.65. The number of fused-ring (bicyclic) bond motifs is 2. The van der Waals surface area contributed by atoms with Crippen LogP contribution >= 0.6 is 0 Å². The first-order valence-electron chi connectivity index (χ1n) is 11.8. The molecule has 190 valence electrons. The van der Waals surface area contributed by atoms with Crippen molar-refractivity contribution in [2.24, 2.45) is 0 Å². The van der Waals surface area contributed by atoms with Crippen molar-refractivity contribution < 1.29 is 19.1 Å². The minimum Gasteiger partial charge on any atom is -0.462 e. The van der Waals surface area contributed by atoms with E-state index < -0.39 is 34.2 Å². The van der Waals surface area contributed by atoms with Crippen molar-refractivity contribution >= 4 is 33.5 Å². The van der Waals surface area contributed by atoms with Gasteiger partial charge in [-0.05, 0) is 74.5 Å². The zero-order valence-electron chi connectivity index (χ0n) is 20.3. The number of carbonyl (C=O) groups excluding carboxylic acids is 2. The predicted molar refractivity (Wildman–Crippen MR) is 139 cm³/mol. The lowest BCUT2D eigenvalue weighted by atomic mass is 10.1. The molecule has 0 spiro atoms. The number of esters is 2. The molecule has 0 atom stereocenters. The Balaban J connectivity index is 1.62. The maximum atomic E-state index is 13.2. The van der Waals surface area contributed by atoms with Crippen molar-refractivity contribution in [3.63, 3.8) is 0 Å². The van der Waals surface area contributed by atoms with E-state index in [9.17, 15) is 28.8 Å². The van der Waals surface area contributed by atoms with Crippen LogP contribution in [0.25, 0.3) is 32.9 Å². The van der Waals surface area contributed by atoms with Crippen LogP contribution in [0.5, 0.6) is 0 Å². The van der Waals surface area contributed by atoms with Crippen LogP contribution in [0.2, 0.25) is 0 Å². The second kappa shape index (κ2) is 9.40. The van der Waals surface area contributed by atoms with Gasteiger partial charge in [-0.3, -0.25) is 19.2 Å². The van der Waals surface area contributed by atoms with Gasteiger partial charge in [-0.2, -0.15) is 0 Å². The quantitative estimate of drug-likeness (QED) is 0.317. The number of hydrogen-bond acceptors (Lipinski definition) is 8. The zero-order chi connectivity index (χ0) is 27.1. The van der Waals surface area contributed by atoms with Gasteiger partial charge in [0.2, 0.25) is 0 Å². The molecular weight excluding hydrogens is 492 g/mol. The highest BCUT2D eigenvalue weighted by molar-refractivity contribution is 5.98. The molecule has 5 rings (SSSR count). The average Bonchev–Trinajstić information content (AvgIpc) is 3.31. The minimum absolute atomic E-state index is 0.0103. The molecule has 10 heteroatoms. The summed E-state index contributed by atoms with van der Waals surface area (Å²) in [4.78, 5) is 76.5. The standard InChI is InChI=1S/C28H20N2O8/c1-3-37-27(35)15-5-9-17(10-6-15)29-23(31)19-13-21-22(14-20(19)24(29)32)26(34)30(25(21)33)18-11-7-16(8-12-18)28(36)38-4-2/h5-14H,3-4H2,1-2H3. The monoisotopic (exact) mass is 512 g/mol. The van der Waals surface area contributed by atoms with E-state index in [4.69, 9.17) is 9.47 Å². The number of ether oxygens (including phenoxy) is 2. The fourth-order valence-electron chi connectivity index (χ4n) is 4.36. The summed E-state index contributed by atoms with van der Waals surface area (Å²) in [7, 11) is 0. The molecule has 5 aromatic rings. The Kier molecular flexibility index (Phi) is 6.08. The molecule has 0 N–H and O–H groups in total. The van der Waals surface area contributed by atoms with Gasteiger partial charge < -0.3 is 9.47 Å². The molecule has 0 radical (unpaired) electrons. The van der Waals surface area contributed by atoms with Gasteiger partial charge >= 0.3 is 11.9 Å². The summed E-state index contributed by atoms with van der Waals surface area (Å²) in [6, 6.07) is 14.0. The third kappa shape index (κ3) is 3.83. The van der Waals surface area contributed by atoms with Gasteiger partial charge in [-0.15, -0.1) is 0 Å². The Hall–Kier alpha value is -5.12. The summed E-state index contributed by atoms with van der Waals surface area (Å²) in [5.74, 6) is -1.06. The maximum absolute atomic E-state index is 13.2. The lowest BCUT2D eigenvalue weighted by Gasteiger charge is -2.04. The van der Waals surface area contributed by atoms with Crippen molar-refractivity contribution in [1.82, 2.24) is 9.13 Å². The number of hydrogen-bond donors (Lipinski definition) is 0. The van der Waals surface area contributed by atoms with Crippen molar-refractivity contribution in [2.45, 2.75) is 13.8 Å². The first-order chi connectivity index (χ1) is 18.3. The van der Waals surface area contributed by atoms with Crippen LogP contribution in [0.4, 0.5) is 0 Å². The highest BCUT2D eigenvalue weighted by atomic mass is 16.5. The van der Waals surface area contributed by atoms with Crippen molar-refractivity contribution in [1.29, 1.82) is 0 Å². The molecule has 0 aliphatic heterocycles. The first-order valence-corrected chi connectivity index (χ1v) is 11.8. The molecular formula is C28H20N2O8. The van der Waals surface area contributed by atoms with Crippen LogP contribution in [-0.2, 0) is 9.47 Å². The smallest absolute Gasteiger partial charge is 0.338 e. The largest absolute Gasteiger partial charge is 0.462 e. The predicted octanol–water partition coefficient (Wildman–Crippen LogP) is 2.24. The van der Waals surface area contributed by atoms with E-state index in [-0.39, 0.29) is 57.3 Å². The summed E-state index contributed by atoms with van der Waals surface area (Å²) < 4.78 is 11.7. The molecule has 2 aromatic heterocycles. The van der Waals surface area contributed by atoms with Gasteiger partial charge in [0.05, 0.1) is 57.3 Å². The molecule has 2 heterocycles. The molecule has 0 fully saturated rings. The van der Waals surface area contributed by atoms with Crippen molar-refractivity contribution in [3.05, 3.63) is 113 Å². The molecule has 0 bridgehead atoms. The van der Waals surface area contributed by atoms with Gasteiger partial charge in [0.25, 0.3) is 22.2 Å². The van der Waals surface area contributed by atoms with Crippen LogP contribution in [-0.4, -0.2) is 34.3 Å². The van der Waals surface area contributed by atoms with Crippen molar-refractivity contribution in [3.8, 4) is 11.4 Å². The van der Waals surface area contributed by atoms with E-state index in [2.05, 4.69) is 0 Å². The Labute approximate surface area is 213 Å².